The van der Waals surface area contributed by atoms with Crippen molar-refractivity contribution in [1.82, 2.24) is 9.97 Å². The third-order valence-corrected chi connectivity index (χ3v) is 2.63. The second-order valence-corrected chi connectivity index (χ2v) is 4.31. The van der Waals surface area contributed by atoms with E-state index in [0.29, 0.717) is 6.61 Å². The summed E-state index contributed by atoms with van der Waals surface area (Å²) in [5.41, 5.74) is 3.59. The molecule has 1 aromatic carbocycles. The van der Waals surface area contributed by atoms with Gasteiger partial charge in [0.2, 0.25) is 5.82 Å². The monoisotopic (exact) mass is 256 g/mol. The van der Waals surface area contributed by atoms with Gasteiger partial charge in [0.05, 0.1) is 12.3 Å². The van der Waals surface area contributed by atoms with Gasteiger partial charge >= 0.3 is 5.97 Å². The van der Waals surface area contributed by atoms with Crippen LogP contribution in [0.4, 0.5) is 0 Å². The van der Waals surface area contributed by atoms with E-state index >= 15 is 0 Å². The van der Waals surface area contributed by atoms with Gasteiger partial charge in [-0.3, -0.25) is 0 Å². The van der Waals surface area contributed by atoms with E-state index in [1.807, 2.05) is 44.2 Å². The lowest BCUT2D eigenvalue weighted by molar-refractivity contribution is 0.0512. The largest absolute Gasteiger partial charge is 0.460 e. The van der Waals surface area contributed by atoms with E-state index in [9.17, 15) is 4.79 Å². The Morgan fingerprint density at radius 1 is 1.21 bits per heavy atom. The van der Waals surface area contributed by atoms with Crippen molar-refractivity contribution in [2.24, 2.45) is 0 Å². The lowest BCUT2D eigenvalue weighted by Crippen LogP contribution is -2.11. The number of aryl methyl sites for hydroxylation is 2. The van der Waals surface area contributed by atoms with Crippen LogP contribution in [0.3, 0.4) is 0 Å². The third-order valence-electron chi connectivity index (χ3n) is 2.63. The molecule has 19 heavy (non-hydrogen) atoms. The van der Waals surface area contributed by atoms with E-state index in [1.165, 1.54) is 0 Å². The predicted octanol–water partition coefficient (Wildman–Crippen LogP) is 2.94. The van der Waals surface area contributed by atoms with Crippen molar-refractivity contribution in [3.05, 3.63) is 47.4 Å². The summed E-state index contributed by atoms with van der Waals surface area (Å²) in [6.07, 6.45) is 0. The number of ether oxygens (including phenoxy) is 1. The fraction of sp³-hybridized carbons (Fsp3) is 0.267. The number of benzene rings is 1. The molecular weight excluding hydrogens is 240 g/mol. The lowest BCUT2D eigenvalue weighted by Gasteiger charge is -2.06. The normalized spacial score (nSPS) is 10.3. The van der Waals surface area contributed by atoms with Crippen molar-refractivity contribution in [1.29, 1.82) is 0 Å². The molecule has 2 rings (SSSR count). The SMILES string of the molecule is CCOC(=O)c1nc(C)cc(-c2cccc(C)c2)n1. The fourth-order valence-corrected chi connectivity index (χ4v) is 1.81. The van der Waals surface area contributed by atoms with Crippen LogP contribution in [0, 0.1) is 13.8 Å². The Labute approximate surface area is 112 Å². The number of carbonyl (C=O) groups excluding carboxylic acids is 1. The van der Waals surface area contributed by atoms with E-state index in [4.69, 9.17) is 4.74 Å². The Morgan fingerprint density at radius 2 is 2.00 bits per heavy atom. The highest BCUT2D eigenvalue weighted by Gasteiger charge is 2.13. The summed E-state index contributed by atoms with van der Waals surface area (Å²) in [6.45, 7) is 5.93. The maximum atomic E-state index is 11.7. The van der Waals surface area contributed by atoms with Crippen molar-refractivity contribution in [3.63, 3.8) is 0 Å². The minimum Gasteiger partial charge on any atom is -0.460 e. The van der Waals surface area contributed by atoms with Gasteiger partial charge in [0.1, 0.15) is 0 Å². The van der Waals surface area contributed by atoms with Crippen LogP contribution < -0.4 is 0 Å². The Kier molecular flexibility index (Phi) is 3.90. The summed E-state index contributed by atoms with van der Waals surface area (Å²) in [7, 11) is 0. The van der Waals surface area contributed by atoms with Crippen LogP contribution in [-0.2, 0) is 4.74 Å². The molecule has 0 fully saturated rings. The van der Waals surface area contributed by atoms with Gasteiger partial charge < -0.3 is 4.74 Å². The van der Waals surface area contributed by atoms with Crippen LogP contribution in [0.1, 0.15) is 28.8 Å². The Hall–Kier alpha value is -2.23. The van der Waals surface area contributed by atoms with Crippen molar-refractivity contribution in [2.75, 3.05) is 6.61 Å². The maximum Gasteiger partial charge on any atom is 0.376 e. The highest BCUT2D eigenvalue weighted by molar-refractivity contribution is 5.85. The topological polar surface area (TPSA) is 52.1 Å². The van der Waals surface area contributed by atoms with Gasteiger partial charge in [-0.05, 0) is 32.9 Å². The van der Waals surface area contributed by atoms with Gasteiger partial charge in [0.15, 0.2) is 0 Å². The molecule has 2 aromatic rings. The zero-order chi connectivity index (χ0) is 13.8. The summed E-state index contributed by atoms with van der Waals surface area (Å²) < 4.78 is 4.93. The molecule has 4 nitrogen and oxygen atoms in total. The van der Waals surface area contributed by atoms with E-state index in [0.717, 1.165) is 22.5 Å². The van der Waals surface area contributed by atoms with Gasteiger partial charge in [0.25, 0.3) is 0 Å². The number of aromatic nitrogens is 2. The van der Waals surface area contributed by atoms with Crippen LogP contribution >= 0.6 is 0 Å². The van der Waals surface area contributed by atoms with E-state index < -0.39 is 5.97 Å². The van der Waals surface area contributed by atoms with Crippen LogP contribution in [-0.4, -0.2) is 22.5 Å². The summed E-state index contributed by atoms with van der Waals surface area (Å²) >= 11 is 0. The number of hydrogen-bond donors (Lipinski definition) is 0. The smallest absolute Gasteiger partial charge is 0.376 e. The number of esters is 1. The fourth-order valence-electron chi connectivity index (χ4n) is 1.81. The third kappa shape index (κ3) is 3.16. The Morgan fingerprint density at radius 3 is 2.68 bits per heavy atom. The van der Waals surface area contributed by atoms with E-state index in [1.54, 1.807) is 6.92 Å². The molecule has 1 heterocycles. The molecule has 1 aromatic heterocycles. The molecule has 0 aliphatic carbocycles. The zero-order valence-electron chi connectivity index (χ0n) is 11.3. The first-order chi connectivity index (χ1) is 9.10. The van der Waals surface area contributed by atoms with Crippen molar-refractivity contribution >= 4 is 5.97 Å². The molecule has 0 amide bonds. The second kappa shape index (κ2) is 5.61. The first-order valence-corrected chi connectivity index (χ1v) is 6.20. The molecule has 0 unspecified atom stereocenters. The Balaban J connectivity index is 2.44. The molecule has 0 aliphatic rings. The average molecular weight is 256 g/mol. The number of hydrogen-bond acceptors (Lipinski definition) is 4. The first kappa shape index (κ1) is 13.2. The lowest BCUT2D eigenvalue weighted by atomic mass is 10.1. The van der Waals surface area contributed by atoms with E-state index in [-0.39, 0.29) is 5.82 Å². The zero-order valence-corrected chi connectivity index (χ0v) is 11.3. The summed E-state index contributed by atoms with van der Waals surface area (Å²) in [5, 5.41) is 0. The minimum atomic E-state index is -0.486. The molecule has 0 radical (unpaired) electrons. The van der Waals surface area contributed by atoms with Crippen LogP contribution in [0.5, 0.6) is 0 Å². The average Bonchev–Trinajstić information content (AvgIpc) is 2.38. The van der Waals surface area contributed by atoms with Crippen LogP contribution in [0.2, 0.25) is 0 Å². The molecule has 0 N–H and O–H groups in total. The van der Waals surface area contributed by atoms with Crippen molar-refractivity contribution < 1.29 is 9.53 Å². The predicted molar refractivity (Wildman–Crippen MR) is 72.9 cm³/mol. The molecule has 0 saturated heterocycles. The maximum absolute atomic E-state index is 11.7. The number of rotatable bonds is 3. The van der Waals surface area contributed by atoms with Gasteiger partial charge in [0, 0.05) is 11.3 Å². The highest BCUT2D eigenvalue weighted by atomic mass is 16.5. The molecule has 0 aliphatic heterocycles. The summed E-state index contributed by atoms with van der Waals surface area (Å²) in [5.74, 6) is -0.376. The van der Waals surface area contributed by atoms with Crippen LogP contribution in [0.25, 0.3) is 11.3 Å². The minimum absolute atomic E-state index is 0.110. The van der Waals surface area contributed by atoms with Gasteiger partial charge in [-0.1, -0.05) is 23.8 Å². The van der Waals surface area contributed by atoms with Crippen LogP contribution in [0.15, 0.2) is 30.3 Å². The number of carbonyl (C=O) groups is 1. The van der Waals surface area contributed by atoms with Crippen molar-refractivity contribution in [3.8, 4) is 11.3 Å². The highest BCUT2D eigenvalue weighted by Crippen LogP contribution is 2.19. The molecule has 4 heteroatoms. The summed E-state index contributed by atoms with van der Waals surface area (Å²) in [4.78, 5) is 20.1. The number of nitrogens with zero attached hydrogens (tertiary/aromatic N) is 2. The molecular formula is C15H16N2O2. The quantitative estimate of drug-likeness (QED) is 0.792. The summed E-state index contributed by atoms with van der Waals surface area (Å²) in [6, 6.07) is 9.83. The molecule has 98 valence electrons. The Bertz CT molecular complexity index is 609. The van der Waals surface area contributed by atoms with E-state index in [2.05, 4.69) is 9.97 Å². The molecule has 0 saturated carbocycles. The first-order valence-electron chi connectivity index (χ1n) is 6.20. The second-order valence-electron chi connectivity index (χ2n) is 4.31. The van der Waals surface area contributed by atoms with Crippen molar-refractivity contribution in [2.45, 2.75) is 20.8 Å². The standard InChI is InChI=1S/C15H16N2O2/c1-4-19-15(18)14-16-11(3)9-13(17-14)12-7-5-6-10(2)8-12/h5-9H,4H2,1-3H3. The molecule has 0 bridgehead atoms. The van der Waals surface area contributed by atoms with Gasteiger partial charge in [-0.15, -0.1) is 0 Å². The van der Waals surface area contributed by atoms with Gasteiger partial charge in [-0.25, -0.2) is 14.8 Å². The van der Waals surface area contributed by atoms with Gasteiger partial charge in [-0.2, -0.15) is 0 Å². The molecule has 0 spiro atoms. The molecule has 0 atom stereocenters.